The number of fused-ring (bicyclic) bond motifs is 11. The largest absolute Gasteiger partial charge is 0.456 e. The zero-order valence-electron chi connectivity index (χ0n) is 37.4. The Labute approximate surface area is 400 Å². The first-order chi connectivity index (χ1) is 34.2. The topological polar surface area (TPSA) is 46.6 Å². The highest BCUT2D eigenvalue weighted by Gasteiger charge is 2.51. The van der Waals surface area contributed by atoms with Crippen LogP contribution in [0, 0.1) is 0 Å². The van der Waals surface area contributed by atoms with E-state index in [1.165, 1.54) is 52.3 Å². The number of hydrogen-bond acceptors (Lipinski definition) is 4. The quantitative estimate of drug-likeness (QED) is 0.0909. The van der Waals surface area contributed by atoms with Crippen molar-refractivity contribution in [2.45, 2.75) is 0 Å². The molecule has 0 atom stereocenters. The Bertz CT molecular complexity index is 4010. The fourth-order valence-corrected chi connectivity index (χ4v) is 21.7. The van der Waals surface area contributed by atoms with Gasteiger partial charge in [-0.3, -0.25) is 9.30 Å². The number of anilines is 3. The van der Waals surface area contributed by atoms with Crippen LogP contribution in [-0.2, 0) is 0 Å². The summed E-state index contributed by atoms with van der Waals surface area (Å²) in [6.45, 7) is 0. The molecule has 5 nitrogen and oxygen atoms in total. The van der Waals surface area contributed by atoms with Gasteiger partial charge in [-0.25, -0.2) is 9.97 Å². The predicted molar refractivity (Wildman–Crippen MR) is 291 cm³/mol. The molecule has 0 aliphatic carbocycles. The summed E-state index contributed by atoms with van der Waals surface area (Å²) < 4.78 is 9.03. The fourth-order valence-electron chi connectivity index (χ4n) is 11.9. The van der Waals surface area contributed by atoms with E-state index in [2.05, 4.69) is 246 Å². The van der Waals surface area contributed by atoms with Crippen molar-refractivity contribution in [2.75, 3.05) is 4.90 Å². The fraction of sp³-hybridized carbons (Fsp3) is 0. The summed E-state index contributed by atoms with van der Waals surface area (Å²) in [5.74, 6) is 0.860. The monoisotopic (exact) mass is 914 g/mol. The number of pyridine rings is 2. The SMILES string of the molecule is c1ccc([Si](c2ccccc2)(c2ccc3c(c2)N(c2ccccn2)c2cc4c(cc2[Si]3(c2ccccc2)c2ccccc2)oc2ccccc24)c2ccc3c4ccccc4n4ccnc4c3c2)cc1. The maximum absolute atomic E-state index is 6.79. The molecular weight excluding hydrogens is 873 g/mol. The molecule has 0 N–H and O–H groups in total. The normalized spacial score (nSPS) is 13.3. The molecule has 1 aliphatic heterocycles. The lowest BCUT2D eigenvalue weighted by atomic mass is 10.1. The molecule has 7 heteroatoms. The summed E-state index contributed by atoms with van der Waals surface area (Å²) in [6, 6.07) is 87.9. The molecule has 1 aliphatic rings. The van der Waals surface area contributed by atoms with Crippen LogP contribution < -0.4 is 46.4 Å². The minimum absolute atomic E-state index is 0.860. The van der Waals surface area contributed by atoms with Crippen LogP contribution in [0.1, 0.15) is 0 Å². The van der Waals surface area contributed by atoms with Crippen LogP contribution in [0.25, 0.3) is 49.3 Å². The Balaban J connectivity index is 1.15. The van der Waals surface area contributed by atoms with Crippen molar-refractivity contribution < 1.29 is 4.42 Å². The molecule has 9 aromatic carbocycles. The van der Waals surface area contributed by atoms with Crippen molar-refractivity contribution in [3.8, 4) is 0 Å². The van der Waals surface area contributed by atoms with Crippen LogP contribution in [0.15, 0.2) is 260 Å². The lowest BCUT2D eigenvalue weighted by molar-refractivity contribution is 0.669. The Kier molecular flexibility index (Phi) is 8.86. The van der Waals surface area contributed by atoms with Gasteiger partial charge in [-0.2, -0.15) is 0 Å². The predicted octanol–water partition coefficient (Wildman–Crippen LogP) is 9.47. The third-order valence-electron chi connectivity index (χ3n) is 14.7. The Morgan fingerprint density at radius 2 is 1.00 bits per heavy atom. The minimum Gasteiger partial charge on any atom is -0.456 e. The van der Waals surface area contributed by atoms with Gasteiger partial charge in [-0.05, 0) is 89.3 Å². The first kappa shape index (κ1) is 39.5. The second kappa shape index (κ2) is 15.5. The number of imidazole rings is 1. The molecule has 4 aromatic heterocycles. The zero-order chi connectivity index (χ0) is 45.5. The second-order valence-electron chi connectivity index (χ2n) is 18.1. The Morgan fingerprint density at radius 3 is 1.71 bits per heavy atom. The van der Waals surface area contributed by atoms with E-state index in [1.54, 1.807) is 0 Å². The number of rotatable bonds is 7. The molecular formula is C62H42N4OSi2. The van der Waals surface area contributed by atoms with E-state index in [9.17, 15) is 0 Å². The molecule has 0 saturated heterocycles. The summed E-state index contributed by atoms with van der Waals surface area (Å²) in [6.07, 6.45) is 5.93. The highest BCUT2D eigenvalue weighted by Crippen LogP contribution is 2.41. The molecule has 0 spiro atoms. The lowest BCUT2D eigenvalue weighted by Gasteiger charge is -2.45. The molecule has 0 fully saturated rings. The second-order valence-corrected chi connectivity index (χ2v) is 25.6. The van der Waals surface area contributed by atoms with Gasteiger partial charge in [0.05, 0.1) is 5.52 Å². The van der Waals surface area contributed by atoms with Gasteiger partial charge < -0.3 is 4.42 Å². The number of furan rings is 1. The van der Waals surface area contributed by atoms with Gasteiger partial charge in [0, 0.05) is 51.5 Å². The molecule has 324 valence electrons. The van der Waals surface area contributed by atoms with E-state index in [0.717, 1.165) is 55.7 Å². The highest BCUT2D eigenvalue weighted by atomic mass is 28.3. The minimum atomic E-state index is -3.19. The first-order valence-electron chi connectivity index (χ1n) is 23.5. The van der Waals surface area contributed by atoms with Crippen molar-refractivity contribution in [3.63, 3.8) is 0 Å². The van der Waals surface area contributed by atoms with Crippen molar-refractivity contribution >= 4 is 124 Å². The molecule has 69 heavy (non-hydrogen) atoms. The van der Waals surface area contributed by atoms with E-state index in [-0.39, 0.29) is 0 Å². The van der Waals surface area contributed by atoms with Crippen molar-refractivity contribution in [1.29, 1.82) is 0 Å². The average molecular weight is 915 g/mol. The van der Waals surface area contributed by atoms with E-state index < -0.39 is 16.1 Å². The van der Waals surface area contributed by atoms with Gasteiger partial charge in [0.2, 0.25) is 0 Å². The third kappa shape index (κ3) is 5.69. The highest BCUT2D eigenvalue weighted by molar-refractivity contribution is 7.22. The first-order valence-corrected chi connectivity index (χ1v) is 27.5. The molecule has 13 aromatic rings. The number of benzene rings is 9. The lowest BCUT2D eigenvalue weighted by Crippen LogP contribution is -2.78. The van der Waals surface area contributed by atoms with E-state index in [4.69, 9.17) is 14.4 Å². The number of aromatic nitrogens is 3. The number of para-hydroxylation sites is 2. The van der Waals surface area contributed by atoms with Crippen LogP contribution in [-0.4, -0.2) is 30.5 Å². The Hall–Kier alpha value is -8.63. The average Bonchev–Trinajstić information content (AvgIpc) is 4.07. The van der Waals surface area contributed by atoms with Gasteiger partial charge in [-0.15, -0.1) is 0 Å². The molecule has 0 unspecified atom stereocenters. The molecule has 0 saturated carbocycles. The van der Waals surface area contributed by atoms with Crippen LogP contribution in [0.3, 0.4) is 0 Å². The van der Waals surface area contributed by atoms with Gasteiger partial charge in [0.1, 0.15) is 22.6 Å². The zero-order valence-corrected chi connectivity index (χ0v) is 39.4. The molecule has 5 heterocycles. The van der Waals surface area contributed by atoms with E-state index in [1.807, 2.05) is 18.5 Å². The maximum atomic E-state index is 6.79. The summed E-state index contributed by atoms with van der Waals surface area (Å²) >= 11 is 0. The van der Waals surface area contributed by atoms with Crippen LogP contribution in [0.4, 0.5) is 17.2 Å². The standard InChI is InChI=1S/C62H42N4OSi2/c1-5-19-43(20-6-1)68(44-21-7-2-8-22-44,47-32-34-49-50-27-13-15-29-54(50)65-38-37-64-62(65)53(49)39-47)48-33-35-59-55(40-48)66(61-31-17-18-36-63-61)56-41-52-51-28-14-16-30-57(51)67-58(52)42-60(56)69(59,45-23-9-3-10-24-45)46-25-11-4-12-26-46/h1-42H. The third-order valence-corrected chi connectivity index (χ3v) is 24.3. The van der Waals surface area contributed by atoms with Crippen molar-refractivity contribution in [1.82, 2.24) is 14.4 Å². The summed E-state index contributed by atoms with van der Waals surface area (Å²) in [4.78, 5) is 12.7. The van der Waals surface area contributed by atoms with Gasteiger partial charge >= 0.3 is 0 Å². The summed E-state index contributed by atoms with van der Waals surface area (Å²) in [5, 5.41) is 16.1. The van der Waals surface area contributed by atoms with Gasteiger partial charge in [0.25, 0.3) is 0 Å². The summed E-state index contributed by atoms with van der Waals surface area (Å²) in [5.41, 5.74) is 6.12. The number of hydrogen-bond donors (Lipinski definition) is 0. The smallest absolute Gasteiger partial charge is 0.184 e. The molecule has 0 amide bonds. The van der Waals surface area contributed by atoms with Crippen molar-refractivity contribution in [2.24, 2.45) is 0 Å². The van der Waals surface area contributed by atoms with Gasteiger partial charge in [0.15, 0.2) is 16.1 Å². The molecule has 0 radical (unpaired) electrons. The van der Waals surface area contributed by atoms with Gasteiger partial charge in [-0.1, -0.05) is 194 Å². The van der Waals surface area contributed by atoms with Crippen molar-refractivity contribution in [3.05, 3.63) is 255 Å². The van der Waals surface area contributed by atoms with Crippen LogP contribution >= 0.6 is 0 Å². The molecule has 14 rings (SSSR count). The summed E-state index contributed by atoms with van der Waals surface area (Å²) in [7, 11) is -6.34. The van der Waals surface area contributed by atoms with Crippen LogP contribution in [0.5, 0.6) is 0 Å². The maximum Gasteiger partial charge on any atom is 0.184 e. The Morgan fingerprint density at radius 1 is 0.391 bits per heavy atom. The molecule has 0 bridgehead atoms. The number of nitrogens with zero attached hydrogens (tertiary/aromatic N) is 4. The van der Waals surface area contributed by atoms with Crippen LogP contribution in [0.2, 0.25) is 0 Å². The van der Waals surface area contributed by atoms with E-state index in [0.29, 0.717) is 0 Å². The van der Waals surface area contributed by atoms with E-state index >= 15 is 0 Å².